The molecule has 1 aromatic heterocycles. The number of hydrogen-bond acceptors (Lipinski definition) is 4. The average Bonchev–Trinajstić information content (AvgIpc) is 2.79. The van der Waals surface area contributed by atoms with Crippen molar-refractivity contribution in [1.29, 1.82) is 0 Å². The van der Waals surface area contributed by atoms with Crippen molar-refractivity contribution in [3.05, 3.63) is 36.5 Å². The number of carbonyl (C=O) groups is 2. The van der Waals surface area contributed by atoms with Crippen LogP contribution in [0.5, 0.6) is 0 Å². The second kappa shape index (κ2) is 6.25. The summed E-state index contributed by atoms with van der Waals surface area (Å²) >= 11 is 1.06. The molecule has 2 aromatic rings. The summed E-state index contributed by atoms with van der Waals surface area (Å²) in [4.78, 5) is 26.0. The number of imidazole rings is 1. The zero-order chi connectivity index (χ0) is 14.5. The van der Waals surface area contributed by atoms with Crippen LogP contribution in [0.1, 0.15) is 0 Å². The van der Waals surface area contributed by atoms with Crippen molar-refractivity contribution in [2.45, 2.75) is 11.7 Å². The van der Waals surface area contributed by atoms with E-state index in [4.69, 9.17) is 10.8 Å². The van der Waals surface area contributed by atoms with Gasteiger partial charge in [0.25, 0.3) is 0 Å². The van der Waals surface area contributed by atoms with Crippen molar-refractivity contribution < 1.29 is 14.7 Å². The van der Waals surface area contributed by atoms with E-state index >= 15 is 0 Å². The van der Waals surface area contributed by atoms with Gasteiger partial charge in [0.15, 0.2) is 5.16 Å². The van der Waals surface area contributed by atoms with Gasteiger partial charge >= 0.3 is 5.97 Å². The van der Waals surface area contributed by atoms with Gasteiger partial charge in [-0.05, 0) is 5.56 Å². The highest BCUT2D eigenvalue weighted by Crippen LogP contribution is 2.25. The van der Waals surface area contributed by atoms with Crippen molar-refractivity contribution in [1.82, 2.24) is 9.55 Å². The van der Waals surface area contributed by atoms with Crippen LogP contribution in [0.3, 0.4) is 0 Å². The lowest BCUT2D eigenvalue weighted by Crippen LogP contribution is -2.20. The van der Waals surface area contributed by atoms with Crippen LogP contribution >= 0.6 is 11.8 Å². The molecule has 104 valence electrons. The molecule has 3 N–H and O–H groups in total. The van der Waals surface area contributed by atoms with E-state index < -0.39 is 11.9 Å². The summed E-state index contributed by atoms with van der Waals surface area (Å²) in [5, 5.41) is 9.18. The number of aliphatic carboxylic acids is 1. The van der Waals surface area contributed by atoms with Gasteiger partial charge in [0, 0.05) is 0 Å². The summed E-state index contributed by atoms with van der Waals surface area (Å²) in [5.74, 6) is -1.56. The molecule has 2 rings (SSSR count). The monoisotopic (exact) mass is 291 g/mol. The number of carboxylic acids is 1. The molecule has 0 atom stereocenters. The summed E-state index contributed by atoms with van der Waals surface area (Å²) in [6.45, 7) is -0.0355. The van der Waals surface area contributed by atoms with Crippen LogP contribution in [0.2, 0.25) is 0 Å². The number of amides is 1. The highest BCUT2D eigenvalue weighted by Gasteiger charge is 2.14. The summed E-state index contributed by atoms with van der Waals surface area (Å²) in [6.07, 6.45) is 1.61. The second-order valence-corrected chi connectivity index (χ2v) is 4.97. The third-order valence-corrected chi connectivity index (χ3v) is 3.50. The molecule has 7 heteroatoms. The molecule has 0 spiro atoms. The molecular weight excluding hydrogens is 278 g/mol. The Hall–Kier alpha value is -2.28. The molecule has 0 saturated carbocycles. The van der Waals surface area contributed by atoms with Crippen LogP contribution in [0.15, 0.2) is 41.7 Å². The first-order valence-electron chi connectivity index (χ1n) is 5.82. The Morgan fingerprint density at radius 2 is 2.00 bits per heavy atom. The van der Waals surface area contributed by atoms with E-state index in [1.807, 2.05) is 30.3 Å². The molecular formula is C13H13N3O3S. The third kappa shape index (κ3) is 3.39. The van der Waals surface area contributed by atoms with E-state index in [9.17, 15) is 9.59 Å². The molecule has 0 bridgehead atoms. The smallest absolute Gasteiger partial charge is 0.313 e. The number of nitrogens with zero attached hydrogens (tertiary/aromatic N) is 2. The van der Waals surface area contributed by atoms with E-state index in [0.29, 0.717) is 5.16 Å². The molecule has 0 unspecified atom stereocenters. The van der Waals surface area contributed by atoms with Crippen molar-refractivity contribution in [2.75, 3.05) is 5.75 Å². The SMILES string of the molecule is NC(=O)Cn1c(-c2ccccc2)cnc1SCC(=O)O. The molecule has 0 saturated heterocycles. The van der Waals surface area contributed by atoms with Gasteiger partial charge in [-0.3, -0.25) is 9.59 Å². The number of primary amides is 1. The molecule has 0 aliphatic heterocycles. The van der Waals surface area contributed by atoms with Gasteiger partial charge in [0.05, 0.1) is 17.6 Å². The fraction of sp³-hybridized carbons (Fsp3) is 0.154. The van der Waals surface area contributed by atoms with Crippen LogP contribution in [0, 0.1) is 0 Å². The van der Waals surface area contributed by atoms with Crippen molar-refractivity contribution in [3.8, 4) is 11.3 Å². The van der Waals surface area contributed by atoms with Gasteiger partial charge in [-0.25, -0.2) is 4.98 Å². The van der Waals surface area contributed by atoms with Gasteiger partial charge in [0.2, 0.25) is 5.91 Å². The van der Waals surface area contributed by atoms with Crippen LogP contribution < -0.4 is 5.73 Å². The third-order valence-electron chi connectivity index (χ3n) is 2.53. The zero-order valence-corrected chi connectivity index (χ0v) is 11.3. The lowest BCUT2D eigenvalue weighted by atomic mass is 10.2. The first-order chi connectivity index (χ1) is 9.58. The predicted molar refractivity (Wildman–Crippen MR) is 75.2 cm³/mol. The fourth-order valence-corrected chi connectivity index (χ4v) is 2.45. The zero-order valence-electron chi connectivity index (χ0n) is 10.5. The molecule has 0 aliphatic rings. The van der Waals surface area contributed by atoms with E-state index in [0.717, 1.165) is 23.0 Å². The Kier molecular flexibility index (Phi) is 4.41. The normalized spacial score (nSPS) is 10.4. The van der Waals surface area contributed by atoms with Gasteiger partial charge in [-0.1, -0.05) is 42.1 Å². The van der Waals surface area contributed by atoms with Crippen LogP contribution in [-0.4, -0.2) is 32.3 Å². The molecule has 1 aromatic carbocycles. The predicted octanol–water partition coefficient (Wildman–Crippen LogP) is 1.21. The lowest BCUT2D eigenvalue weighted by molar-refractivity contribution is -0.133. The Labute approximate surface area is 119 Å². The fourth-order valence-electron chi connectivity index (χ4n) is 1.75. The van der Waals surface area contributed by atoms with Gasteiger partial charge < -0.3 is 15.4 Å². The van der Waals surface area contributed by atoms with Crippen molar-refractivity contribution in [2.24, 2.45) is 5.73 Å². The Morgan fingerprint density at radius 1 is 1.30 bits per heavy atom. The number of carbonyl (C=O) groups excluding carboxylic acids is 1. The largest absolute Gasteiger partial charge is 0.481 e. The Balaban J connectivity index is 2.37. The van der Waals surface area contributed by atoms with Gasteiger partial charge in [0.1, 0.15) is 6.54 Å². The van der Waals surface area contributed by atoms with Crippen LogP contribution in [0.25, 0.3) is 11.3 Å². The molecule has 0 aliphatic carbocycles. The highest BCUT2D eigenvalue weighted by atomic mass is 32.2. The minimum absolute atomic E-state index is 0.0355. The van der Waals surface area contributed by atoms with E-state index in [2.05, 4.69) is 4.98 Å². The minimum Gasteiger partial charge on any atom is -0.481 e. The number of hydrogen-bond donors (Lipinski definition) is 2. The topological polar surface area (TPSA) is 98.2 Å². The van der Waals surface area contributed by atoms with Gasteiger partial charge in [-0.2, -0.15) is 0 Å². The first kappa shape index (κ1) is 14.1. The Morgan fingerprint density at radius 3 is 2.60 bits per heavy atom. The van der Waals surface area contributed by atoms with E-state index in [1.54, 1.807) is 10.8 Å². The number of nitrogens with two attached hydrogens (primary N) is 1. The summed E-state index contributed by atoms with van der Waals surface area (Å²) < 4.78 is 1.63. The van der Waals surface area contributed by atoms with E-state index in [1.165, 1.54) is 0 Å². The number of carboxylic acid groups (broad SMARTS) is 1. The van der Waals surface area contributed by atoms with Crippen molar-refractivity contribution in [3.63, 3.8) is 0 Å². The summed E-state index contributed by atoms with van der Waals surface area (Å²) in [6, 6.07) is 9.42. The second-order valence-electron chi connectivity index (χ2n) is 4.03. The number of rotatable bonds is 6. The maximum atomic E-state index is 11.2. The molecule has 0 fully saturated rings. The number of aromatic nitrogens is 2. The minimum atomic E-state index is -0.940. The number of benzene rings is 1. The van der Waals surface area contributed by atoms with Crippen LogP contribution in [0.4, 0.5) is 0 Å². The Bertz CT molecular complexity index is 625. The van der Waals surface area contributed by atoms with Crippen LogP contribution in [-0.2, 0) is 16.1 Å². The quantitative estimate of drug-likeness (QED) is 0.780. The maximum absolute atomic E-state index is 11.2. The molecule has 1 amide bonds. The lowest BCUT2D eigenvalue weighted by Gasteiger charge is -2.09. The highest BCUT2D eigenvalue weighted by molar-refractivity contribution is 7.99. The standard InChI is InChI=1S/C13H13N3O3S/c14-11(17)7-16-10(9-4-2-1-3-5-9)6-15-13(16)20-8-12(18)19/h1-6H,7-8H2,(H2,14,17)(H,18,19). The van der Waals surface area contributed by atoms with E-state index in [-0.39, 0.29) is 12.3 Å². The molecule has 20 heavy (non-hydrogen) atoms. The van der Waals surface area contributed by atoms with Gasteiger partial charge in [-0.15, -0.1) is 0 Å². The maximum Gasteiger partial charge on any atom is 0.313 e. The van der Waals surface area contributed by atoms with Crippen molar-refractivity contribution >= 4 is 23.6 Å². The number of thioether (sulfide) groups is 1. The summed E-state index contributed by atoms with van der Waals surface area (Å²) in [5.41, 5.74) is 6.87. The summed E-state index contributed by atoms with van der Waals surface area (Å²) in [7, 11) is 0. The first-order valence-corrected chi connectivity index (χ1v) is 6.80. The molecule has 0 radical (unpaired) electrons. The molecule has 1 heterocycles. The average molecular weight is 291 g/mol. The molecule has 6 nitrogen and oxygen atoms in total.